The van der Waals surface area contributed by atoms with Gasteiger partial charge in [-0.25, -0.2) is 9.59 Å². The smallest absolute Gasteiger partial charge is 0.338 e. The van der Waals surface area contributed by atoms with E-state index in [9.17, 15) is 14.4 Å². The molecule has 1 aromatic carbocycles. The van der Waals surface area contributed by atoms with Crippen molar-refractivity contribution < 1.29 is 28.3 Å². The molecule has 0 saturated carbocycles. The van der Waals surface area contributed by atoms with Crippen LogP contribution in [-0.2, 0) is 9.53 Å². The summed E-state index contributed by atoms with van der Waals surface area (Å²) >= 11 is 0. The first kappa shape index (κ1) is 25.3. The van der Waals surface area contributed by atoms with Gasteiger partial charge in [-0.05, 0) is 43.7 Å². The number of nitrogens with zero attached hydrogens (tertiary/aromatic N) is 3. The third-order valence-corrected chi connectivity index (χ3v) is 6.60. The molecular formula is C26H32N4O6. The van der Waals surface area contributed by atoms with Crippen molar-refractivity contribution in [3.05, 3.63) is 65.3 Å². The fraction of sp³-hybridized carbons (Fsp3) is 0.423. The minimum absolute atomic E-state index is 0.0805. The summed E-state index contributed by atoms with van der Waals surface area (Å²) in [5, 5.41) is 2.93. The number of methoxy groups -OCH3 is 1. The number of urea groups is 1. The van der Waals surface area contributed by atoms with Crippen LogP contribution >= 0.6 is 0 Å². The molecule has 1 aromatic heterocycles. The number of piperazine rings is 1. The van der Waals surface area contributed by atoms with Crippen molar-refractivity contribution in [2.45, 2.75) is 25.9 Å². The van der Waals surface area contributed by atoms with Gasteiger partial charge < -0.3 is 24.1 Å². The summed E-state index contributed by atoms with van der Waals surface area (Å²) in [6, 6.07) is 9.54. The van der Waals surface area contributed by atoms with Gasteiger partial charge in [-0.1, -0.05) is 12.1 Å². The normalized spacial score (nSPS) is 20.8. The van der Waals surface area contributed by atoms with Gasteiger partial charge in [-0.3, -0.25) is 14.6 Å². The van der Waals surface area contributed by atoms with Crippen molar-refractivity contribution in [3.8, 4) is 5.75 Å². The maximum atomic E-state index is 13.2. The predicted molar refractivity (Wildman–Crippen MR) is 131 cm³/mol. The van der Waals surface area contributed by atoms with E-state index < -0.39 is 12.0 Å². The van der Waals surface area contributed by atoms with E-state index in [4.69, 9.17) is 13.9 Å². The minimum Gasteiger partial charge on any atom is -0.497 e. The summed E-state index contributed by atoms with van der Waals surface area (Å²) in [6.45, 7) is 5.97. The first-order valence-corrected chi connectivity index (χ1v) is 12.0. The lowest BCUT2D eigenvalue weighted by atomic mass is 9.94. The molecule has 2 aliphatic heterocycles. The number of hydrogen-bond acceptors (Lipinski definition) is 7. The van der Waals surface area contributed by atoms with Gasteiger partial charge in [0.05, 0.1) is 31.6 Å². The summed E-state index contributed by atoms with van der Waals surface area (Å²) in [4.78, 5) is 44.3. The Bertz CT molecular complexity index is 1130. The second kappa shape index (κ2) is 10.9. The molecule has 0 spiro atoms. The summed E-state index contributed by atoms with van der Waals surface area (Å²) in [5.74, 6) is 0.372. The molecule has 0 radical (unpaired) electrons. The number of hydrogen-bond donors (Lipinski definition) is 1. The zero-order chi connectivity index (χ0) is 25.8. The molecule has 3 heterocycles. The van der Waals surface area contributed by atoms with Crippen LogP contribution in [0.25, 0.3) is 0 Å². The highest BCUT2D eigenvalue weighted by Gasteiger charge is 2.38. The van der Waals surface area contributed by atoms with Crippen LogP contribution in [0.2, 0.25) is 0 Å². The molecule has 3 amide bonds. The van der Waals surface area contributed by atoms with Crippen molar-refractivity contribution in [3.63, 3.8) is 0 Å². The highest BCUT2D eigenvalue weighted by atomic mass is 16.5. The molecule has 1 N–H and O–H groups in total. The van der Waals surface area contributed by atoms with E-state index in [-0.39, 0.29) is 24.6 Å². The van der Waals surface area contributed by atoms with Gasteiger partial charge in [0, 0.05) is 45.0 Å². The highest BCUT2D eigenvalue weighted by Crippen LogP contribution is 2.32. The Kier molecular flexibility index (Phi) is 7.64. The van der Waals surface area contributed by atoms with Crippen LogP contribution in [-0.4, -0.2) is 85.6 Å². The summed E-state index contributed by atoms with van der Waals surface area (Å²) < 4.78 is 15.9. The predicted octanol–water partition coefficient (Wildman–Crippen LogP) is 2.65. The van der Waals surface area contributed by atoms with Crippen LogP contribution in [0.3, 0.4) is 0 Å². The monoisotopic (exact) mass is 496 g/mol. The quantitative estimate of drug-likeness (QED) is 0.588. The van der Waals surface area contributed by atoms with Crippen molar-refractivity contribution in [2.24, 2.45) is 0 Å². The first-order valence-electron chi connectivity index (χ1n) is 12.0. The number of nitrogens with one attached hydrogen (secondary N) is 1. The zero-order valence-electron chi connectivity index (χ0n) is 21.0. The Labute approximate surface area is 210 Å². The highest BCUT2D eigenvalue weighted by molar-refractivity contribution is 5.95. The van der Waals surface area contributed by atoms with Crippen molar-refractivity contribution >= 4 is 17.9 Å². The molecule has 10 heteroatoms. The molecule has 10 nitrogen and oxygen atoms in total. The fourth-order valence-corrected chi connectivity index (χ4v) is 4.68. The van der Waals surface area contributed by atoms with Crippen LogP contribution in [0.5, 0.6) is 5.75 Å². The number of carbonyl (C=O) groups is 3. The molecule has 36 heavy (non-hydrogen) atoms. The van der Waals surface area contributed by atoms with Crippen LogP contribution in [0.15, 0.2) is 58.3 Å². The molecule has 2 aliphatic rings. The summed E-state index contributed by atoms with van der Waals surface area (Å²) in [5.41, 5.74) is 1.72. The van der Waals surface area contributed by atoms with Gasteiger partial charge in [-0.15, -0.1) is 0 Å². The molecular weight excluding hydrogens is 464 g/mol. The SMILES string of the molecule is CCOC(=O)C1=C(CN2CCN(C(=O)c3ccco3)C(C)C2)N(C)C(=O)NC1c1ccc(OC)cc1. The number of ether oxygens (including phenoxy) is 2. The van der Waals surface area contributed by atoms with E-state index in [0.29, 0.717) is 49.0 Å². The minimum atomic E-state index is -0.659. The van der Waals surface area contributed by atoms with E-state index in [1.807, 2.05) is 19.1 Å². The second-order valence-corrected chi connectivity index (χ2v) is 8.86. The number of rotatable bonds is 7. The molecule has 4 rings (SSSR count). The Balaban J connectivity index is 1.61. The standard InChI is InChI=1S/C26H32N4O6/c1-5-35-25(32)22-20(28(3)26(33)27-23(22)18-8-10-19(34-4)11-9-18)16-29-12-13-30(17(2)15-29)24(31)21-7-6-14-36-21/h6-11,14,17,23H,5,12-13,15-16H2,1-4H3,(H,27,33). The molecule has 192 valence electrons. The van der Waals surface area contributed by atoms with E-state index in [0.717, 1.165) is 5.56 Å². The average molecular weight is 497 g/mol. The fourth-order valence-electron chi connectivity index (χ4n) is 4.68. The van der Waals surface area contributed by atoms with E-state index in [1.165, 1.54) is 11.2 Å². The maximum absolute atomic E-state index is 13.2. The molecule has 2 aromatic rings. The van der Waals surface area contributed by atoms with Gasteiger partial charge in [0.1, 0.15) is 5.75 Å². The van der Waals surface area contributed by atoms with Crippen molar-refractivity contribution in [2.75, 3.05) is 46.9 Å². The number of carbonyl (C=O) groups excluding carboxylic acids is 3. The molecule has 0 aliphatic carbocycles. The van der Waals surface area contributed by atoms with Crippen LogP contribution < -0.4 is 10.1 Å². The van der Waals surface area contributed by atoms with Crippen LogP contribution in [0.1, 0.15) is 36.0 Å². The van der Waals surface area contributed by atoms with E-state index in [2.05, 4.69) is 10.2 Å². The zero-order valence-corrected chi connectivity index (χ0v) is 21.0. The van der Waals surface area contributed by atoms with Crippen molar-refractivity contribution in [1.29, 1.82) is 0 Å². The van der Waals surface area contributed by atoms with Gasteiger partial charge >= 0.3 is 12.0 Å². The van der Waals surface area contributed by atoms with E-state index in [1.54, 1.807) is 50.2 Å². The molecule has 2 atom stereocenters. The topological polar surface area (TPSA) is 105 Å². The largest absolute Gasteiger partial charge is 0.497 e. The summed E-state index contributed by atoms with van der Waals surface area (Å²) in [6.07, 6.45) is 1.49. The van der Waals surface area contributed by atoms with Gasteiger partial charge in [0.15, 0.2) is 5.76 Å². The molecule has 1 fully saturated rings. The third-order valence-electron chi connectivity index (χ3n) is 6.60. The Morgan fingerprint density at radius 2 is 1.92 bits per heavy atom. The Morgan fingerprint density at radius 3 is 2.53 bits per heavy atom. The van der Waals surface area contributed by atoms with Gasteiger partial charge in [0.2, 0.25) is 0 Å². The van der Waals surface area contributed by atoms with Gasteiger partial charge in [0.25, 0.3) is 5.91 Å². The Hall–Kier alpha value is -3.79. The number of benzene rings is 1. The molecule has 2 unspecified atom stereocenters. The molecule has 1 saturated heterocycles. The third kappa shape index (κ3) is 5.08. The number of furan rings is 1. The maximum Gasteiger partial charge on any atom is 0.338 e. The number of amides is 3. The van der Waals surface area contributed by atoms with E-state index >= 15 is 0 Å². The average Bonchev–Trinajstić information content (AvgIpc) is 3.42. The lowest BCUT2D eigenvalue weighted by Gasteiger charge is -2.42. The molecule has 0 bridgehead atoms. The van der Waals surface area contributed by atoms with Gasteiger partial charge in [-0.2, -0.15) is 0 Å². The Morgan fingerprint density at radius 1 is 1.17 bits per heavy atom. The number of likely N-dealkylation sites (N-methyl/N-ethyl adjacent to an activating group) is 1. The lowest BCUT2D eigenvalue weighted by Crippen LogP contribution is -2.56. The number of esters is 1. The first-order chi connectivity index (χ1) is 17.3. The summed E-state index contributed by atoms with van der Waals surface area (Å²) in [7, 11) is 3.23. The van der Waals surface area contributed by atoms with Crippen molar-refractivity contribution in [1.82, 2.24) is 20.0 Å². The van der Waals surface area contributed by atoms with Crippen LogP contribution in [0.4, 0.5) is 4.79 Å². The lowest BCUT2D eigenvalue weighted by molar-refractivity contribution is -0.139. The second-order valence-electron chi connectivity index (χ2n) is 8.86. The van der Waals surface area contributed by atoms with Crippen LogP contribution in [0, 0.1) is 0 Å².